The van der Waals surface area contributed by atoms with E-state index in [0.717, 1.165) is 31.2 Å². The van der Waals surface area contributed by atoms with Gasteiger partial charge in [-0.15, -0.1) is 0 Å². The van der Waals surface area contributed by atoms with Crippen molar-refractivity contribution < 1.29 is 0 Å². The zero-order chi connectivity index (χ0) is 14.1. The van der Waals surface area contributed by atoms with Crippen molar-refractivity contribution in [2.75, 3.05) is 11.4 Å². The Hall–Kier alpha value is -1.87. The minimum atomic E-state index is 0.612. The molecule has 0 bridgehead atoms. The van der Waals surface area contributed by atoms with E-state index in [1.807, 2.05) is 12.3 Å². The van der Waals surface area contributed by atoms with Crippen LogP contribution in [0.2, 0.25) is 0 Å². The normalized spacial score (nSPS) is 21.7. The van der Waals surface area contributed by atoms with Gasteiger partial charge in [-0.2, -0.15) is 0 Å². The molecule has 1 fully saturated rings. The second-order valence-corrected chi connectivity index (χ2v) is 6.16. The highest BCUT2D eigenvalue weighted by Crippen LogP contribution is 2.36. The number of benzene rings is 1. The standard InChI is InChI=1S/C18H21N3/c1-2-7-18-15(5-1)11-20-17(14-8-9-14)13-21(18)12-16-6-3-4-10-19-16/h1-7,10,14,17,20H,8-9,11-13H2. The predicted molar refractivity (Wildman–Crippen MR) is 85.1 cm³/mol. The molecule has 0 amide bonds. The van der Waals surface area contributed by atoms with Gasteiger partial charge in [-0.3, -0.25) is 4.98 Å². The number of nitrogens with zero attached hydrogens (tertiary/aromatic N) is 2. The molecule has 21 heavy (non-hydrogen) atoms. The number of fused-ring (bicyclic) bond motifs is 1. The minimum Gasteiger partial charge on any atom is -0.364 e. The third-order valence-corrected chi connectivity index (χ3v) is 4.57. The average molecular weight is 279 g/mol. The highest BCUT2D eigenvalue weighted by Gasteiger charge is 2.34. The first-order chi connectivity index (χ1) is 10.4. The Labute approximate surface area is 126 Å². The van der Waals surface area contributed by atoms with Crippen LogP contribution in [-0.2, 0) is 13.1 Å². The molecule has 1 aromatic heterocycles. The van der Waals surface area contributed by atoms with Crippen LogP contribution in [0.15, 0.2) is 48.7 Å². The molecule has 0 spiro atoms. The summed E-state index contributed by atoms with van der Waals surface area (Å²) < 4.78 is 0. The van der Waals surface area contributed by atoms with Crippen molar-refractivity contribution in [3.63, 3.8) is 0 Å². The highest BCUT2D eigenvalue weighted by molar-refractivity contribution is 5.54. The van der Waals surface area contributed by atoms with Crippen LogP contribution in [0, 0.1) is 5.92 Å². The largest absolute Gasteiger partial charge is 0.364 e. The summed E-state index contributed by atoms with van der Waals surface area (Å²) in [5.74, 6) is 0.866. The van der Waals surface area contributed by atoms with Crippen LogP contribution >= 0.6 is 0 Å². The summed E-state index contributed by atoms with van der Waals surface area (Å²) in [5.41, 5.74) is 3.90. The van der Waals surface area contributed by atoms with E-state index >= 15 is 0 Å². The smallest absolute Gasteiger partial charge is 0.0602 e. The number of nitrogens with one attached hydrogen (secondary N) is 1. The van der Waals surface area contributed by atoms with Crippen molar-refractivity contribution in [3.05, 3.63) is 59.9 Å². The first-order valence-electron chi connectivity index (χ1n) is 7.86. The molecule has 1 aliphatic heterocycles. The lowest BCUT2D eigenvalue weighted by Gasteiger charge is -2.27. The van der Waals surface area contributed by atoms with Gasteiger partial charge in [-0.25, -0.2) is 0 Å². The zero-order valence-corrected chi connectivity index (χ0v) is 12.2. The third-order valence-electron chi connectivity index (χ3n) is 4.57. The van der Waals surface area contributed by atoms with E-state index in [1.165, 1.54) is 24.1 Å². The van der Waals surface area contributed by atoms with Gasteiger partial charge >= 0.3 is 0 Å². The molecule has 1 N–H and O–H groups in total. The molecular formula is C18H21N3. The van der Waals surface area contributed by atoms with Crippen molar-refractivity contribution in [3.8, 4) is 0 Å². The summed E-state index contributed by atoms with van der Waals surface area (Å²) in [6.07, 6.45) is 4.65. The van der Waals surface area contributed by atoms with Crippen molar-refractivity contribution in [1.82, 2.24) is 10.3 Å². The van der Waals surface area contributed by atoms with E-state index in [-0.39, 0.29) is 0 Å². The number of hydrogen-bond acceptors (Lipinski definition) is 3. The first kappa shape index (κ1) is 12.8. The van der Waals surface area contributed by atoms with Crippen LogP contribution in [-0.4, -0.2) is 17.6 Å². The number of para-hydroxylation sites is 1. The Balaban J connectivity index is 1.63. The van der Waals surface area contributed by atoms with Crippen LogP contribution in [0.3, 0.4) is 0 Å². The second kappa shape index (κ2) is 5.49. The molecule has 1 unspecified atom stereocenters. The fourth-order valence-electron chi connectivity index (χ4n) is 3.26. The molecule has 4 rings (SSSR count). The lowest BCUT2D eigenvalue weighted by atomic mass is 10.1. The number of anilines is 1. The topological polar surface area (TPSA) is 28.2 Å². The Bertz CT molecular complexity index is 607. The summed E-state index contributed by atoms with van der Waals surface area (Å²) in [6.45, 7) is 2.96. The number of rotatable bonds is 3. The Morgan fingerprint density at radius 2 is 1.95 bits per heavy atom. The van der Waals surface area contributed by atoms with Crippen LogP contribution in [0.25, 0.3) is 0 Å². The van der Waals surface area contributed by atoms with Crippen molar-refractivity contribution in [2.45, 2.75) is 32.0 Å². The average Bonchev–Trinajstić information content (AvgIpc) is 3.36. The highest BCUT2D eigenvalue weighted by atomic mass is 15.2. The molecule has 108 valence electrons. The molecule has 0 saturated heterocycles. The van der Waals surface area contributed by atoms with Gasteiger partial charge in [-0.1, -0.05) is 24.3 Å². The SMILES string of the molecule is c1ccc(CN2CC(C3CC3)NCc3ccccc32)nc1. The van der Waals surface area contributed by atoms with E-state index in [2.05, 4.69) is 51.6 Å². The summed E-state index contributed by atoms with van der Waals surface area (Å²) in [6, 6.07) is 15.5. The van der Waals surface area contributed by atoms with Crippen LogP contribution in [0.5, 0.6) is 0 Å². The molecule has 3 heteroatoms. The lowest BCUT2D eigenvalue weighted by Crippen LogP contribution is -2.39. The molecule has 0 radical (unpaired) electrons. The van der Waals surface area contributed by atoms with Gasteiger partial charge in [0.15, 0.2) is 0 Å². The summed E-state index contributed by atoms with van der Waals surface area (Å²) in [5, 5.41) is 3.75. The molecule has 2 aromatic rings. The number of pyridine rings is 1. The minimum absolute atomic E-state index is 0.612. The van der Waals surface area contributed by atoms with Gasteiger partial charge in [0.25, 0.3) is 0 Å². The number of aromatic nitrogens is 1. The molecule has 1 aromatic carbocycles. The summed E-state index contributed by atoms with van der Waals surface area (Å²) >= 11 is 0. The predicted octanol–water partition coefficient (Wildman–Crippen LogP) is 2.97. The Kier molecular flexibility index (Phi) is 3.36. The van der Waals surface area contributed by atoms with Crippen LogP contribution in [0.4, 0.5) is 5.69 Å². The van der Waals surface area contributed by atoms with E-state index in [9.17, 15) is 0 Å². The van der Waals surface area contributed by atoms with Gasteiger partial charge in [0.1, 0.15) is 0 Å². The van der Waals surface area contributed by atoms with Gasteiger partial charge in [0, 0.05) is 31.0 Å². The van der Waals surface area contributed by atoms with Gasteiger partial charge in [0.05, 0.1) is 12.2 Å². The Morgan fingerprint density at radius 3 is 2.76 bits per heavy atom. The number of hydrogen-bond donors (Lipinski definition) is 1. The van der Waals surface area contributed by atoms with E-state index in [1.54, 1.807) is 0 Å². The van der Waals surface area contributed by atoms with E-state index in [4.69, 9.17) is 0 Å². The van der Waals surface area contributed by atoms with Gasteiger partial charge in [0.2, 0.25) is 0 Å². The molecule has 1 saturated carbocycles. The maximum atomic E-state index is 4.50. The zero-order valence-electron chi connectivity index (χ0n) is 12.2. The third kappa shape index (κ3) is 2.79. The van der Waals surface area contributed by atoms with E-state index < -0.39 is 0 Å². The van der Waals surface area contributed by atoms with Crippen molar-refractivity contribution in [2.24, 2.45) is 5.92 Å². The molecule has 1 atom stereocenters. The van der Waals surface area contributed by atoms with Gasteiger partial charge in [-0.05, 0) is 42.5 Å². The summed E-state index contributed by atoms with van der Waals surface area (Å²) in [7, 11) is 0. The van der Waals surface area contributed by atoms with Crippen LogP contribution < -0.4 is 10.2 Å². The molecule has 2 heterocycles. The molecular weight excluding hydrogens is 258 g/mol. The van der Waals surface area contributed by atoms with Crippen molar-refractivity contribution in [1.29, 1.82) is 0 Å². The van der Waals surface area contributed by atoms with Crippen LogP contribution in [0.1, 0.15) is 24.1 Å². The second-order valence-electron chi connectivity index (χ2n) is 6.16. The Morgan fingerprint density at radius 1 is 1.10 bits per heavy atom. The maximum absolute atomic E-state index is 4.50. The lowest BCUT2D eigenvalue weighted by molar-refractivity contribution is 0.466. The molecule has 2 aliphatic rings. The first-order valence-corrected chi connectivity index (χ1v) is 7.86. The monoisotopic (exact) mass is 279 g/mol. The maximum Gasteiger partial charge on any atom is 0.0602 e. The molecule has 3 nitrogen and oxygen atoms in total. The van der Waals surface area contributed by atoms with Gasteiger partial charge < -0.3 is 10.2 Å². The summed E-state index contributed by atoms with van der Waals surface area (Å²) in [4.78, 5) is 7.00. The fraction of sp³-hybridized carbons (Fsp3) is 0.389. The van der Waals surface area contributed by atoms with E-state index in [0.29, 0.717) is 6.04 Å². The molecule has 1 aliphatic carbocycles. The quantitative estimate of drug-likeness (QED) is 0.936. The fourth-order valence-corrected chi connectivity index (χ4v) is 3.26. The van der Waals surface area contributed by atoms with Crippen molar-refractivity contribution >= 4 is 5.69 Å².